The van der Waals surface area contributed by atoms with Gasteiger partial charge in [-0.1, -0.05) is 87.5 Å². The van der Waals surface area contributed by atoms with Crippen molar-refractivity contribution in [1.82, 2.24) is 4.98 Å². The van der Waals surface area contributed by atoms with Crippen LogP contribution in [0.3, 0.4) is 0 Å². The molecule has 0 amide bonds. The summed E-state index contributed by atoms with van der Waals surface area (Å²) in [6, 6.07) is 32.3. The van der Waals surface area contributed by atoms with Crippen LogP contribution in [-0.4, -0.2) is 16.3 Å². The van der Waals surface area contributed by atoms with Crippen molar-refractivity contribution >= 4 is 33.8 Å². The number of hydrogen-bond acceptors (Lipinski definition) is 4. The molecule has 5 aromatic carbocycles. The zero-order valence-corrected chi connectivity index (χ0v) is 22.6. The van der Waals surface area contributed by atoms with Crippen LogP contribution in [0.5, 0.6) is 5.75 Å². The number of rotatable bonds is 4. The minimum absolute atomic E-state index is 0.0348. The van der Waals surface area contributed by atoms with E-state index in [4.69, 9.17) is 14.4 Å². The van der Waals surface area contributed by atoms with Gasteiger partial charge in [-0.15, -0.1) is 0 Å². The van der Waals surface area contributed by atoms with E-state index in [0.717, 1.165) is 33.4 Å². The Kier molecular flexibility index (Phi) is 6.03. The van der Waals surface area contributed by atoms with Crippen molar-refractivity contribution < 1.29 is 9.52 Å². The largest absolute Gasteiger partial charge is 0.507 e. The molecule has 4 nitrogen and oxygen atoms in total. The summed E-state index contributed by atoms with van der Waals surface area (Å²) >= 11 is 0. The summed E-state index contributed by atoms with van der Waals surface area (Å²) in [6.45, 7) is 8.58. The zero-order chi connectivity index (χ0) is 27.1. The van der Waals surface area contributed by atoms with E-state index in [1.165, 1.54) is 16.3 Å². The molecule has 0 aliphatic carbocycles. The van der Waals surface area contributed by atoms with Gasteiger partial charge in [0.1, 0.15) is 11.3 Å². The Labute approximate surface area is 228 Å². The van der Waals surface area contributed by atoms with Crippen molar-refractivity contribution in [2.45, 2.75) is 33.1 Å². The van der Waals surface area contributed by atoms with E-state index in [9.17, 15) is 5.11 Å². The molecular formula is C35H30N2O2. The predicted molar refractivity (Wildman–Crippen MR) is 161 cm³/mol. The normalized spacial score (nSPS) is 12.1. The van der Waals surface area contributed by atoms with Crippen LogP contribution in [0.15, 0.2) is 106 Å². The van der Waals surface area contributed by atoms with Crippen LogP contribution in [0, 0.1) is 6.92 Å². The molecular weight excluding hydrogens is 480 g/mol. The zero-order valence-electron chi connectivity index (χ0n) is 22.6. The number of para-hydroxylation sites is 2. The van der Waals surface area contributed by atoms with Gasteiger partial charge in [0, 0.05) is 17.3 Å². The van der Waals surface area contributed by atoms with Crippen LogP contribution in [0.25, 0.3) is 44.5 Å². The molecule has 0 spiro atoms. The Balaban J connectivity index is 1.44. The Morgan fingerprint density at radius 2 is 1.51 bits per heavy atom. The van der Waals surface area contributed by atoms with Crippen molar-refractivity contribution in [3.63, 3.8) is 0 Å². The highest BCUT2D eigenvalue weighted by molar-refractivity contribution is 6.04. The summed E-state index contributed by atoms with van der Waals surface area (Å²) in [5, 5.41) is 12.9. The van der Waals surface area contributed by atoms with Gasteiger partial charge in [-0.2, -0.15) is 0 Å². The van der Waals surface area contributed by atoms with E-state index in [2.05, 4.69) is 70.2 Å². The number of aromatic hydroxyl groups is 1. The number of phenolic OH excluding ortho intramolecular Hbond substituents is 1. The van der Waals surface area contributed by atoms with Gasteiger partial charge in [0.2, 0.25) is 5.89 Å². The molecule has 1 heterocycles. The number of aromatic nitrogens is 1. The maximum Gasteiger partial charge on any atom is 0.229 e. The molecule has 6 aromatic rings. The Hall–Kier alpha value is -4.70. The molecule has 1 N–H and O–H groups in total. The third-order valence-corrected chi connectivity index (χ3v) is 7.22. The quantitative estimate of drug-likeness (QED) is 0.240. The molecule has 0 saturated carbocycles. The van der Waals surface area contributed by atoms with Crippen LogP contribution in [-0.2, 0) is 5.41 Å². The van der Waals surface area contributed by atoms with Crippen molar-refractivity contribution in [1.29, 1.82) is 0 Å². The monoisotopic (exact) mass is 510 g/mol. The summed E-state index contributed by atoms with van der Waals surface area (Å²) in [6.07, 6.45) is 1.70. The summed E-state index contributed by atoms with van der Waals surface area (Å²) in [5.74, 6) is 0.704. The Morgan fingerprint density at radius 3 is 2.33 bits per heavy atom. The van der Waals surface area contributed by atoms with Crippen LogP contribution in [0.4, 0.5) is 5.69 Å². The molecule has 0 aliphatic heterocycles. The first-order valence-electron chi connectivity index (χ1n) is 13.1. The van der Waals surface area contributed by atoms with E-state index in [1.807, 2.05) is 48.5 Å². The molecule has 4 heteroatoms. The number of fused-ring (bicyclic) bond motifs is 2. The van der Waals surface area contributed by atoms with Crippen molar-refractivity contribution in [3.8, 4) is 28.3 Å². The van der Waals surface area contributed by atoms with Crippen LogP contribution < -0.4 is 0 Å². The molecule has 6 rings (SSSR count). The SMILES string of the molecule is Cc1ccc(-c2cccc3oc(-c4ccccc4N=Cc4cc(C(C)(C)C)ccc4O)nc23)c2ccccc12. The lowest BCUT2D eigenvalue weighted by Gasteiger charge is -2.19. The van der Waals surface area contributed by atoms with Gasteiger partial charge in [-0.3, -0.25) is 4.99 Å². The average molecular weight is 511 g/mol. The number of oxazole rings is 1. The third-order valence-electron chi connectivity index (χ3n) is 7.22. The molecule has 0 atom stereocenters. The summed E-state index contributed by atoms with van der Waals surface area (Å²) in [4.78, 5) is 9.73. The van der Waals surface area contributed by atoms with E-state index < -0.39 is 0 Å². The van der Waals surface area contributed by atoms with E-state index in [0.29, 0.717) is 17.1 Å². The fraction of sp³-hybridized carbons (Fsp3) is 0.143. The summed E-state index contributed by atoms with van der Waals surface area (Å²) < 4.78 is 6.30. The lowest BCUT2D eigenvalue weighted by molar-refractivity contribution is 0.473. The van der Waals surface area contributed by atoms with Gasteiger partial charge in [-0.25, -0.2) is 4.98 Å². The summed E-state index contributed by atoms with van der Waals surface area (Å²) in [7, 11) is 0. The van der Waals surface area contributed by atoms with E-state index in [-0.39, 0.29) is 11.2 Å². The van der Waals surface area contributed by atoms with Crippen LogP contribution in [0.2, 0.25) is 0 Å². The maximum absolute atomic E-state index is 10.5. The lowest BCUT2D eigenvalue weighted by Crippen LogP contribution is -2.11. The number of hydrogen-bond donors (Lipinski definition) is 1. The standard InChI is InChI=1S/C35H30N2O2/c1-22-16-18-27(26-11-6-5-10-25(22)26)28-13-9-15-32-33(28)37-34(39-32)29-12-7-8-14-30(29)36-21-23-20-24(35(2,3)4)17-19-31(23)38/h5-21,38H,1-4H3. The predicted octanol–water partition coefficient (Wildman–Crippen LogP) is 9.38. The Morgan fingerprint density at radius 1 is 0.769 bits per heavy atom. The van der Waals surface area contributed by atoms with Crippen molar-refractivity contribution in [3.05, 3.63) is 114 Å². The highest BCUT2D eigenvalue weighted by atomic mass is 16.3. The smallest absolute Gasteiger partial charge is 0.229 e. The maximum atomic E-state index is 10.5. The first-order chi connectivity index (χ1) is 18.8. The van der Waals surface area contributed by atoms with Gasteiger partial charge in [0.15, 0.2) is 5.58 Å². The van der Waals surface area contributed by atoms with E-state index in [1.54, 1.807) is 12.3 Å². The second-order valence-corrected chi connectivity index (χ2v) is 10.9. The molecule has 0 aliphatic rings. The minimum Gasteiger partial charge on any atom is -0.507 e. The minimum atomic E-state index is -0.0348. The third kappa shape index (κ3) is 4.59. The summed E-state index contributed by atoms with van der Waals surface area (Å²) in [5.41, 5.74) is 8.21. The second-order valence-electron chi connectivity index (χ2n) is 10.9. The number of aliphatic imine (C=N–C) groups is 1. The number of benzene rings is 5. The van der Waals surface area contributed by atoms with Crippen LogP contribution >= 0.6 is 0 Å². The first kappa shape index (κ1) is 24.6. The first-order valence-corrected chi connectivity index (χ1v) is 13.1. The second kappa shape index (κ2) is 9.55. The fourth-order valence-corrected chi connectivity index (χ4v) is 5.00. The van der Waals surface area contributed by atoms with Crippen LogP contribution in [0.1, 0.15) is 37.5 Å². The van der Waals surface area contributed by atoms with Crippen molar-refractivity contribution in [2.24, 2.45) is 4.99 Å². The molecule has 39 heavy (non-hydrogen) atoms. The number of phenols is 1. The van der Waals surface area contributed by atoms with Gasteiger partial charge >= 0.3 is 0 Å². The van der Waals surface area contributed by atoms with E-state index >= 15 is 0 Å². The molecule has 0 saturated heterocycles. The lowest BCUT2D eigenvalue weighted by atomic mass is 9.86. The molecule has 0 radical (unpaired) electrons. The average Bonchev–Trinajstić information content (AvgIpc) is 3.37. The molecule has 0 bridgehead atoms. The number of aryl methyl sites for hydroxylation is 1. The molecule has 1 aromatic heterocycles. The number of nitrogens with zero attached hydrogens (tertiary/aromatic N) is 2. The molecule has 0 unspecified atom stereocenters. The molecule has 0 fully saturated rings. The fourth-order valence-electron chi connectivity index (χ4n) is 5.00. The van der Waals surface area contributed by atoms with Crippen molar-refractivity contribution in [2.75, 3.05) is 0 Å². The molecule has 192 valence electrons. The topological polar surface area (TPSA) is 58.6 Å². The Bertz CT molecular complexity index is 1870. The highest BCUT2D eigenvalue weighted by Crippen LogP contribution is 2.38. The van der Waals surface area contributed by atoms with Gasteiger partial charge in [-0.05, 0) is 70.1 Å². The van der Waals surface area contributed by atoms with Gasteiger partial charge in [0.05, 0.1) is 11.3 Å². The highest BCUT2D eigenvalue weighted by Gasteiger charge is 2.17. The van der Waals surface area contributed by atoms with Gasteiger partial charge < -0.3 is 9.52 Å². The van der Waals surface area contributed by atoms with Gasteiger partial charge in [0.25, 0.3) is 0 Å².